The molecule has 0 radical (unpaired) electrons. The number of rotatable bonds is 9. The number of hydrogen-bond acceptors (Lipinski definition) is 7. The molecule has 178 valence electrons. The Morgan fingerprint density at radius 1 is 1.15 bits per heavy atom. The van der Waals surface area contributed by atoms with Crippen molar-refractivity contribution in [3.63, 3.8) is 0 Å². The van der Waals surface area contributed by atoms with Crippen molar-refractivity contribution in [2.75, 3.05) is 40.9 Å². The van der Waals surface area contributed by atoms with Gasteiger partial charge in [0.2, 0.25) is 5.78 Å². The predicted molar refractivity (Wildman–Crippen MR) is 127 cm³/mol. The second kappa shape index (κ2) is 9.61. The van der Waals surface area contributed by atoms with Crippen LogP contribution in [0.1, 0.15) is 29.1 Å². The van der Waals surface area contributed by atoms with E-state index in [4.69, 9.17) is 13.9 Å². The first-order chi connectivity index (χ1) is 16.3. The first kappa shape index (κ1) is 23.4. The highest BCUT2D eigenvalue weighted by Crippen LogP contribution is 2.42. The van der Waals surface area contributed by atoms with Gasteiger partial charge >= 0.3 is 0 Å². The van der Waals surface area contributed by atoms with E-state index in [-0.39, 0.29) is 11.3 Å². The van der Waals surface area contributed by atoms with Crippen molar-refractivity contribution >= 4 is 22.7 Å². The van der Waals surface area contributed by atoms with Crippen molar-refractivity contribution in [1.29, 1.82) is 0 Å². The summed E-state index contributed by atoms with van der Waals surface area (Å²) in [5.41, 5.74) is 1.16. The number of fused-ring (bicyclic) bond motifs is 1. The van der Waals surface area contributed by atoms with Crippen LogP contribution in [0.25, 0.3) is 11.0 Å². The summed E-state index contributed by atoms with van der Waals surface area (Å²) in [6, 6.07) is 13.3. The van der Waals surface area contributed by atoms with E-state index in [2.05, 4.69) is 0 Å². The lowest BCUT2D eigenvalue weighted by atomic mass is 9.94. The molecule has 1 atom stereocenters. The highest BCUT2D eigenvalue weighted by molar-refractivity contribution is 6.16. The number of para-hydroxylation sites is 1. The Kier molecular flexibility index (Phi) is 6.61. The normalized spacial score (nSPS) is 16.1. The van der Waals surface area contributed by atoms with Gasteiger partial charge in [0.15, 0.2) is 23.0 Å². The summed E-state index contributed by atoms with van der Waals surface area (Å²) >= 11 is 0. The van der Waals surface area contributed by atoms with E-state index in [1.807, 2.05) is 44.1 Å². The minimum atomic E-state index is -0.808. The lowest BCUT2D eigenvalue weighted by molar-refractivity contribution is -0.129. The zero-order valence-corrected chi connectivity index (χ0v) is 19.7. The van der Waals surface area contributed by atoms with Crippen LogP contribution in [-0.2, 0) is 4.79 Å². The van der Waals surface area contributed by atoms with Crippen molar-refractivity contribution in [2.45, 2.75) is 13.0 Å². The molecule has 2 aromatic carbocycles. The third kappa shape index (κ3) is 4.24. The number of amides is 1. The molecule has 4 rings (SSSR count). The van der Waals surface area contributed by atoms with Gasteiger partial charge in [-0.05, 0) is 50.8 Å². The Labute approximate surface area is 198 Å². The summed E-state index contributed by atoms with van der Waals surface area (Å²) in [6.45, 7) is 3.20. The number of aliphatic hydroxyl groups is 1. The number of Topliss-reactive ketones (excluding diaryl/α,β-unsaturated/α-hetero) is 1. The summed E-state index contributed by atoms with van der Waals surface area (Å²) < 4.78 is 16.9. The van der Waals surface area contributed by atoms with Crippen LogP contribution in [0.2, 0.25) is 0 Å². The maximum atomic E-state index is 13.6. The van der Waals surface area contributed by atoms with E-state index in [1.54, 1.807) is 30.3 Å². The van der Waals surface area contributed by atoms with E-state index in [0.717, 1.165) is 5.39 Å². The van der Waals surface area contributed by atoms with Crippen molar-refractivity contribution in [2.24, 2.45) is 0 Å². The van der Waals surface area contributed by atoms with Gasteiger partial charge in [0.25, 0.3) is 5.91 Å². The first-order valence-corrected chi connectivity index (χ1v) is 11.1. The molecule has 34 heavy (non-hydrogen) atoms. The van der Waals surface area contributed by atoms with E-state index in [9.17, 15) is 14.7 Å². The third-order valence-electron chi connectivity index (χ3n) is 5.79. The Morgan fingerprint density at radius 2 is 1.91 bits per heavy atom. The maximum Gasteiger partial charge on any atom is 0.290 e. The molecule has 0 fully saturated rings. The van der Waals surface area contributed by atoms with Crippen LogP contribution in [0.4, 0.5) is 0 Å². The van der Waals surface area contributed by atoms with Crippen molar-refractivity contribution in [1.82, 2.24) is 9.80 Å². The second-order valence-electron chi connectivity index (χ2n) is 8.29. The number of carbonyl (C=O) groups excluding carboxylic acids is 2. The fourth-order valence-electron chi connectivity index (χ4n) is 4.13. The minimum absolute atomic E-state index is 0.0194. The average Bonchev–Trinajstić information content (AvgIpc) is 3.37. The number of furan rings is 1. The van der Waals surface area contributed by atoms with Crippen molar-refractivity contribution in [3.8, 4) is 11.5 Å². The van der Waals surface area contributed by atoms with E-state index in [0.29, 0.717) is 42.3 Å². The molecule has 1 aromatic heterocycles. The average molecular weight is 465 g/mol. The Hall–Kier alpha value is -3.78. The topological polar surface area (TPSA) is 92.5 Å². The summed E-state index contributed by atoms with van der Waals surface area (Å²) in [7, 11) is 5.31. The number of methoxy groups -OCH3 is 1. The van der Waals surface area contributed by atoms with Gasteiger partial charge in [-0.15, -0.1) is 0 Å². The van der Waals surface area contributed by atoms with Gasteiger partial charge in [-0.1, -0.05) is 24.3 Å². The molecule has 0 saturated carbocycles. The maximum absolute atomic E-state index is 13.6. The zero-order chi connectivity index (χ0) is 24.4. The Morgan fingerprint density at radius 3 is 2.59 bits per heavy atom. The highest BCUT2D eigenvalue weighted by atomic mass is 16.5. The lowest BCUT2D eigenvalue weighted by Gasteiger charge is -2.28. The predicted octanol–water partition coefficient (Wildman–Crippen LogP) is 3.98. The van der Waals surface area contributed by atoms with Gasteiger partial charge in [0.05, 0.1) is 25.3 Å². The molecule has 8 heteroatoms. The third-order valence-corrected chi connectivity index (χ3v) is 5.79. The molecule has 0 spiro atoms. The molecule has 1 amide bonds. The highest BCUT2D eigenvalue weighted by Gasteiger charge is 2.44. The standard InChI is InChI=1S/C26H28N2O6/c1-5-33-19-11-10-17(15-20(19)32-4)23-22(25(30)26(31)28(23)13-12-27(2)3)24(29)21-14-16-8-6-7-9-18(16)34-21/h6-11,14-15,23,30H,5,12-13H2,1-4H3/t23-/m1/s1. The van der Waals surface area contributed by atoms with Gasteiger partial charge in [0, 0.05) is 18.5 Å². The summed E-state index contributed by atoms with van der Waals surface area (Å²) in [4.78, 5) is 30.1. The number of hydrogen-bond donors (Lipinski definition) is 1. The fraction of sp³-hybridized carbons (Fsp3) is 0.308. The van der Waals surface area contributed by atoms with Crippen molar-refractivity contribution in [3.05, 3.63) is 71.2 Å². The van der Waals surface area contributed by atoms with Gasteiger partial charge < -0.3 is 28.8 Å². The zero-order valence-electron chi connectivity index (χ0n) is 19.7. The number of benzene rings is 2. The van der Waals surface area contributed by atoms with Crippen LogP contribution in [0.3, 0.4) is 0 Å². The molecule has 1 aliphatic heterocycles. The minimum Gasteiger partial charge on any atom is -0.503 e. The Bertz CT molecular complexity index is 1230. The quantitative estimate of drug-likeness (QED) is 0.479. The number of carbonyl (C=O) groups is 2. The molecule has 2 heterocycles. The fourth-order valence-corrected chi connectivity index (χ4v) is 4.13. The molecule has 0 unspecified atom stereocenters. The molecular weight excluding hydrogens is 436 g/mol. The number of ether oxygens (including phenoxy) is 2. The van der Waals surface area contributed by atoms with Gasteiger partial charge in [-0.25, -0.2) is 0 Å². The van der Waals surface area contributed by atoms with Crippen LogP contribution in [0, 0.1) is 0 Å². The van der Waals surface area contributed by atoms with Crippen LogP contribution >= 0.6 is 0 Å². The molecule has 1 N–H and O–H groups in total. The molecule has 1 aliphatic rings. The molecular formula is C26H28N2O6. The van der Waals surface area contributed by atoms with Gasteiger partial charge in [0.1, 0.15) is 5.58 Å². The molecule has 0 aliphatic carbocycles. The first-order valence-electron chi connectivity index (χ1n) is 11.1. The Balaban J connectivity index is 1.80. The smallest absolute Gasteiger partial charge is 0.290 e. The lowest BCUT2D eigenvalue weighted by Crippen LogP contribution is -2.36. The molecule has 3 aromatic rings. The summed E-state index contributed by atoms with van der Waals surface area (Å²) in [5.74, 6) is -0.612. The van der Waals surface area contributed by atoms with E-state index in [1.165, 1.54) is 12.0 Å². The van der Waals surface area contributed by atoms with Crippen molar-refractivity contribution < 1.29 is 28.6 Å². The van der Waals surface area contributed by atoms with Crippen LogP contribution in [0.15, 0.2) is 64.3 Å². The number of likely N-dealkylation sites (N-methyl/N-ethyl adjacent to an activating group) is 1. The van der Waals surface area contributed by atoms with Crippen LogP contribution in [0.5, 0.6) is 11.5 Å². The molecule has 8 nitrogen and oxygen atoms in total. The van der Waals surface area contributed by atoms with Crippen LogP contribution in [-0.4, -0.2) is 67.5 Å². The largest absolute Gasteiger partial charge is 0.503 e. The van der Waals surface area contributed by atoms with Crippen LogP contribution < -0.4 is 9.47 Å². The SMILES string of the molecule is CCOc1ccc([C@@H]2C(C(=O)c3cc4ccccc4o3)=C(O)C(=O)N2CCN(C)C)cc1OC. The summed E-state index contributed by atoms with van der Waals surface area (Å²) in [5, 5.41) is 11.6. The molecule has 0 saturated heterocycles. The molecule has 0 bridgehead atoms. The summed E-state index contributed by atoms with van der Waals surface area (Å²) in [6.07, 6.45) is 0. The number of nitrogens with zero attached hydrogens (tertiary/aromatic N) is 2. The van der Waals surface area contributed by atoms with Gasteiger partial charge in [-0.3, -0.25) is 9.59 Å². The monoisotopic (exact) mass is 464 g/mol. The van der Waals surface area contributed by atoms with E-state index >= 15 is 0 Å². The second-order valence-corrected chi connectivity index (χ2v) is 8.29. The number of aliphatic hydroxyl groups excluding tert-OH is 1. The van der Waals surface area contributed by atoms with E-state index < -0.39 is 23.5 Å². The van der Waals surface area contributed by atoms with Gasteiger partial charge in [-0.2, -0.15) is 0 Å². The number of ketones is 1.